The van der Waals surface area contributed by atoms with Gasteiger partial charge in [-0.1, -0.05) is 66.7 Å². The van der Waals surface area contributed by atoms with E-state index in [1.54, 1.807) is 56.4 Å². The van der Waals surface area contributed by atoms with Gasteiger partial charge in [0, 0.05) is 50.2 Å². The van der Waals surface area contributed by atoms with E-state index >= 15 is 0 Å². The van der Waals surface area contributed by atoms with E-state index in [0.29, 0.717) is 5.56 Å². The van der Waals surface area contributed by atoms with E-state index in [4.69, 9.17) is 0 Å². The Morgan fingerprint density at radius 3 is 2.45 bits per heavy atom. The second-order valence-electron chi connectivity index (χ2n) is 12.0. The summed E-state index contributed by atoms with van der Waals surface area (Å²) in [6, 6.07) is 20.5. The smallest absolute Gasteiger partial charge is 0.334 e. The van der Waals surface area contributed by atoms with Gasteiger partial charge < -0.3 is 24.8 Å². The van der Waals surface area contributed by atoms with Crippen LogP contribution in [-0.2, 0) is 36.1 Å². The first-order valence-corrected chi connectivity index (χ1v) is 15.6. The van der Waals surface area contributed by atoms with Gasteiger partial charge in [-0.2, -0.15) is 0 Å². The lowest BCUT2D eigenvalue weighted by molar-refractivity contribution is -0.189. The molecular formula is C36H38N6O5. The molecule has 0 bridgehead atoms. The molecule has 242 valence electrons. The van der Waals surface area contributed by atoms with E-state index in [1.165, 1.54) is 6.92 Å². The highest BCUT2D eigenvalue weighted by Gasteiger charge is 2.51. The number of Topliss-reactive ketones (excluding diaryl/α,β-unsaturated/α-hetero) is 1. The molecule has 3 aromatic carbocycles. The lowest BCUT2D eigenvalue weighted by Crippen LogP contribution is -2.76. The fraction of sp³-hybridized carbons (Fsp3) is 0.278. The first-order chi connectivity index (χ1) is 22.7. The van der Waals surface area contributed by atoms with Crippen LogP contribution in [0.4, 0.5) is 4.79 Å². The maximum atomic E-state index is 14.4. The molecule has 0 aliphatic carbocycles. The number of aromatic hydroxyl groups is 1. The zero-order valence-electron chi connectivity index (χ0n) is 26.5. The van der Waals surface area contributed by atoms with Crippen molar-refractivity contribution >= 4 is 34.5 Å². The molecule has 2 aliphatic heterocycles. The highest BCUT2D eigenvalue weighted by atomic mass is 16.3. The number of aryl methyl sites for hydroxylation is 1. The number of urea groups is 1. The number of phenols is 1. The van der Waals surface area contributed by atoms with Gasteiger partial charge in [0.05, 0.1) is 18.6 Å². The van der Waals surface area contributed by atoms with Gasteiger partial charge in [-0.15, -0.1) is 6.58 Å². The van der Waals surface area contributed by atoms with Gasteiger partial charge in [0.15, 0.2) is 5.78 Å². The number of carbonyl (C=O) groups is 4. The predicted molar refractivity (Wildman–Crippen MR) is 177 cm³/mol. The number of nitrogens with zero attached hydrogens (tertiary/aromatic N) is 5. The molecule has 11 heteroatoms. The average Bonchev–Trinajstić information content (AvgIpc) is 3.41. The maximum absolute atomic E-state index is 14.4. The summed E-state index contributed by atoms with van der Waals surface area (Å²) in [4.78, 5) is 57.9. The van der Waals surface area contributed by atoms with E-state index in [2.05, 4.69) is 11.9 Å². The zero-order valence-corrected chi connectivity index (χ0v) is 26.5. The Morgan fingerprint density at radius 2 is 1.74 bits per heavy atom. The van der Waals surface area contributed by atoms with Crippen LogP contribution in [0, 0.1) is 0 Å². The molecule has 2 atom stereocenters. The van der Waals surface area contributed by atoms with Crippen LogP contribution >= 0.6 is 0 Å². The zero-order chi connectivity index (χ0) is 33.2. The van der Waals surface area contributed by atoms with Crippen LogP contribution in [0.2, 0.25) is 0 Å². The molecule has 1 aromatic heterocycles. The van der Waals surface area contributed by atoms with Gasteiger partial charge in [-0.3, -0.25) is 14.4 Å². The van der Waals surface area contributed by atoms with E-state index in [1.807, 2.05) is 60.1 Å². The quantitative estimate of drug-likeness (QED) is 0.214. The number of hydrazine groups is 1. The largest absolute Gasteiger partial charge is 0.508 e. The Morgan fingerprint density at radius 1 is 1.00 bits per heavy atom. The molecule has 1 unspecified atom stereocenters. The number of fused-ring (bicyclic) bond motifs is 2. The normalized spacial score (nSPS) is 18.4. The summed E-state index contributed by atoms with van der Waals surface area (Å²) in [7, 11) is 1.87. The van der Waals surface area contributed by atoms with Crippen molar-refractivity contribution in [2.24, 2.45) is 7.05 Å². The van der Waals surface area contributed by atoms with Crippen molar-refractivity contribution in [1.82, 2.24) is 29.7 Å². The second kappa shape index (κ2) is 13.1. The Kier molecular flexibility index (Phi) is 8.82. The fourth-order valence-electron chi connectivity index (χ4n) is 6.72. The third kappa shape index (κ3) is 6.22. The van der Waals surface area contributed by atoms with Crippen LogP contribution in [-0.4, -0.2) is 85.0 Å². The molecule has 2 N–H and O–H groups in total. The number of carbonyl (C=O) groups excluding carboxylic acids is 4. The molecule has 2 fully saturated rings. The van der Waals surface area contributed by atoms with Crippen molar-refractivity contribution in [2.75, 3.05) is 19.6 Å². The van der Waals surface area contributed by atoms with E-state index < -0.39 is 18.2 Å². The molecule has 0 spiro atoms. The van der Waals surface area contributed by atoms with Crippen LogP contribution in [0.5, 0.6) is 5.75 Å². The van der Waals surface area contributed by atoms with Crippen molar-refractivity contribution < 1.29 is 24.3 Å². The van der Waals surface area contributed by atoms with Gasteiger partial charge in [-0.05, 0) is 35.7 Å². The topological polar surface area (TPSA) is 118 Å². The molecule has 4 amide bonds. The van der Waals surface area contributed by atoms with Crippen molar-refractivity contribution in [3.63, 3.8) is 0 Å². The summed E-state index contributed by atoms with van der Waals surface area (Å²) in [5.41, 5.74) is 3.97. The molecule has 0 saturated carbocycles. The number of aromatic nitrogens is 1. The summed E-state index contributed by atoms with van der Waals surface area (Å²) in [5.74, 6) is -0.468. The van der Waals surface area contributed by atoms with Crippen molar-refractivity contribution in [3.8, 4) is 5.75 Å². The first-order valence-electron chi connectivity index (χ1n) is 15.6. The Bertz CT molecular complexity index is 1840. The van der Waals surface area contributed by atoms with Gasteiger partial charge in [0.25, 0.3) is 0 Å². The van der Waals surface area contributed by atoms with Gasteiger partial charge in [0.1, 0.15) is 18.0 Å². The fourth-order valence-corrected chi connectivity index (χ4v) is 6.72. The van der Waals surface area contributed by atoms with E-state index in [9.17, 15) is 24.3 Å². The van der Waals surface area contributed by atoms with E-state index in [0.717, 1.165) is 27.6 Å². The summed E-state index contributed by atoms with van der Waals surface area (Å²) in [6.07, 6.45) is 2.84. The molecular weight excluding hydrogens is 596 g/mol. The molecule has 3 heterocycles. The van der Waals surface area contributed by atoms with Crippen molar-refractivity contribution in [2.45, 2.75) is 38.6 Å². The average molecular weight is 635 g/mol. The van der Waals surface area contributed by atoms with Crippen LogP contribution < -0.4 is 5.32 Å². The standard InChI is InChI=1S/C36H38N6O5/c1-4-17-40-23-33(45)41-31(18-25-13-15-28(44)16-14-25)35(46)39(20-27-11-8-12-29-30(24(2)43)21-38(3)34(27)29)22-32(41)42(40)36(47)37-19-26-9-6-5-7-10-26/h4-16,21,31-32,44H,1,17-20,22-23H2,2-3H3,(H,37,47)/t31?,32-/m0/s1. The van der Waals surface area contributed by atoms with E-state index in [-0.39, 0.29) is 62.5 Å². The Labute approximate surface area is 273 Å². The summed E-state index contributed by atoms with van der Waals surface area (Å²) in [5, 5.41) is 16.9. The second-order valence-corrected chi connectivity index (χ2v) is 12.0. The Balaban J connectivity index is 1.39. The van der Waals surface area contributed by atoms with Crippen LogP contribution in [0.1, 0.15) is 34.0 Å². The monoisotopic (exact) mass is 634 g/mol. The highest BCUT2D eigenvalue weighted by Crippen LogP contribution is 2.31. The van der Waals surface area contributed by atoms with Gasteiger partial charge in [-0.25, -0.2) is 14.8 Å². The first kappa shape index (κ1) is 31.6. The lowest BCUT2D eigenvalue weighted by atomic mass is 9.98. The third-order valence-electron chi connectivity index (χ3n) is 8.86. The van der Waals surface area contributed by atoms with Gasteiger partial charge in [0.2, 0.25) is 11.8 Å². The lowest BCUT2D eigenvalue weighted by Gasteiger charge is -2.55. The number of para-hydroxylation sites is 1. The number of nitrogens with one attached hydrogen (secondary N) is 1. The SMILES string of the molecule is C=CCN1CC(=O)N2C(Cc3ccc(O)cc3)C(=O)N(Cc3cccc4c(C(C)=O)cn(C)c34)C[C@@H]2N1C(=O)NCc1ccccc1. The molecule has 0 radical (unpaired) electrons. The minimum Gasteiger partial charge on any atom is -0.508 e. The number of piperazine rings is 1. The number of amides is 4. The molecule has 11 nitrogen and oxygen atoms in total. The number of rotatable bonds is 9. The van der Waals surface area contributed by atoms with Crippen molar-refractivity contribution in [1.29, 1.82) is 0 Å². The van der Waals surface area contributed by atoms with Crippen LogP contribution in [0.15, 0.2) is 91.6 Å². The third-order valence-corrected chi connectivity index (χ3v) is 8.86. The number of ketones is 1. The number of phenolic OH excluding ortho intramolecular Hbond substituents is 1. The molecule has 6 rings (SSSR count). The highest BCUT2D eigenvalue weighted by molar-refractivity contribution is 6.07. The van der Waals surface area contributed by atoms with Crippen molar-refractivity contribution in [3.05, 3.63) is 114 Å². The maximum Gasteiger partial charge on any atom is 0.334 e. The summed E-state index contributed by atoms with van der Waals surface area (Å²) in [6.45, 7) is 6.09. The summed E-state index contributed by atoms with van der Waals surface area (Å²) < 4.78 is 1.90. The molecule has 2 aliphatic rings. The number of benzene rings is 3. The number of hydrogen-bond donors (Lipinski definition) is 2. The summed E-state index contributed by atoms with van der Waals surface area (Å²) >= 11 is 0. The predicted octanol–water partition coefficient (Wildman–Crippen LogP) is 3.82. The van der Waals surface area contributed by atoms with Crippen LogP contribution in [0.3, 0.4) is 0 Å². The minimum absolute atomic E-state index is 0.0495. The molecule has 47 heavy (non-hydrogen) atoms. The Hall–Kier alpha value is -5.42. The molecule has 2 saturated heterocycles. The molecule has 4 aromatic rings. The number of hydrogen-bond acceptors (Lipinski definition) is 6. The minimum atomic E-state index is -0.901. The van der Waals surface area contributed by atoms with Gasteiger partial charge >= 0.3 is 6.03 Å². The van der Waals surface area contributed by atoms with Crippen LogP contribution in [0.25, 0.3) is 10.9 Å².